The number of aromatic hydroxyl groups is 1. The van der Waals surface area contributed by atoms with Crippen molar-refractivity contribution in [2.24, 2.45) is 5.73 Å². The Labute approximate surface area is 158 Å². The molecule has 4 atom stereocenters. The van der Waals surface area contributed by atoms with Gasteiger partial charge in [-0.3, -0.25) is 9.59 Å². The highest BCUT2D eigenvalue weighted by Crippen LogP contribution is 2.50. The molecular weight excluding hydrogens is 382 g/mol. The maximum absolute atomic E-state index is 12.4. The first kappa shape index (κ1) is 18.8. The number of carboxylic acid groups (broad SMARTS) is 1. The summed E-state index contributed by atoms with van der Waals surface area (Å²) in [6.45, 7) is 3.51. The van der Waals surface area contributed by atoms with Gasteiger partial charge in [0, 0.05) is 4.75 Å². The summed E-state index contributed by atoms with van der Waals surface area (Å²) in [4.78, 5) is 37.6. The summed E-state index contributed by atoms with van der Waals surface area (Å²) in [5.41, 5.74) is 6.30. The van der Waals surface area contributed by atoms with Crippen LogP contribution in [0.1, 0.15) is 25.5 Å². The number of phenols is 1. The second-order valence-electron chi connectivity index (χ2n) is 6.77. The summed E-state index contributed by atoms with van der Waals surface area (Å²) < 4.78 is -0.668. The summed E-state index contributed by atoms with van der Waals surface area (Å²) in [5.74, 6) is -2.22. The smallest absolute Gasteiger partial charge is 0.327 e. The van der Waals surface area contributed by atoms with Crippen molar-refractivity contribution in [3.8, 4) is 5.75 Å². The first-order chi connectivity index (χ1) is 12.0. The summed E-state index contributed by atoms with van der Waals surface area (Å²) in [6, 6.07) is 1.33. The Kier molecular flexibility index (Phi) is 4.58. The fourth-order valence-electron chi connectivity index (χ4n) is 3.26. The summed E-state index contributed by atoms with van der Waals surface area (Å²) in [5, 5.41) is 21.0. The van der Waals surface area contributed by atoms with Gasteiger partial charge in [-0.1, -0.05) is 17.7 Å². The second-order valence-corrected chi connectivity index (χ2v) is 8.95. The van der Waals surface area contributed by atoms with Gasteiger partial charge in [-0.15, -0.1) is 11.8 Å². The highest BCUT2D eigenvalue weighted by atomic mass is 35.5. The molecular formula is C16H18ClN3O5S. The molecule has 0 aliphatic carbocycles. The van der Waals surface area contributed by atoms with Crippen LogP contribution in [0.3, 0.4) is 0 Å². The van der Waals surface area contributed by atoms with E-state index >= 15 is 0 Å². The van der Waals surface area contributed by atoms with Crippen LogP contribution in [-0.2, 0) is 14.4 Å². The number of β-lactam (4-membered cyclic amide) rings is 1. The lowest BCUT2D eigenvalue weighted by molar-refractivity contribution is -0.161. The normalized spacial score (nSPS) is 27.5. The van der Waals surface area contributed by atoms with E-state index in [0.29, 0.717) is 5.56 Å². The van der Waals surface area contributed by atoms with Gasteiger partial charge in [0.2, 0.25) is 11.8 Å². The molecule has 2 saturated heterocycles. The van der Waals surface area contributed by atoms with Gasteiger partial charge in [-0.05, 0) is 31.5 Å². The number of aliphatic carboxylic acids is 1. The van der Waals surface area contributed by atoms with Gasteiger partial charge in [-0.2, -0.15) is 0 Å². The Bertz CT molecular complexity index is 802. The summed E-state index contributed by atoms with van der Waals surface area (Å²) >= 11 is 7.16. The van der Waals surface area contributed by atoms with Crippen molar-refractivity contribution in [2.45, 2.75) is 42.1 Å². The number of phenolic OH excluding ortho intramolecular Hbond substituents is 1. The Hall–Kier alpha value is -1.97. The minimum Gasteiger partial charge on any atom is -0.506 e. The van der Waals surface area contributed by atoms with Gasteiger partial charge in [-0.25, -0.2) is 4.79 Å². The number of thioether (sulfide) groups is 1. The maximum atomic E-state index is 12.4. The van der Waals surface area contributed by atoms with E-state index in [2.05, 4.69) is 5.32 Å². The van der Waals surface area contributed by atoms with Crippen LogP contribution in [0.5, 0.6) is 5.75 Å². The van der Waals surface area contributed by atoms with Crippen LogP contribution < -0.4 is 11.1 Å². The third kappa shape index (κ3) is 2.89. The van der Waals surface area contributed by atoms with E-state index in [0.717, 1.165) is 0 Å². The van der Waals surface area contributed by atoms with Gasteiger partial charge >= 0.3 is 5.97 Å². The molecule has 2 amide bonds. The second kappa shape index (κ2) is 6.33. The molecule has 2 aliphatic heterocycles. The maximum Gasteiger partial charge on any atom is 0.327 e. The van der Waals surface area contributed by atoms with E-state index in [1.807, 2.05) is 0 Å². The van der Waals surface area contributed by atoms with Crippen molar-refractivity contribution in [2.75, 3.05) is 0 Å². The molecule has 1 aromatic carbocycles. The number of carbonyl (C=O) groups excluding carboxylic acids is 2. The minimum absolute atomic E-state index is 0.0639. The third-order valence-corrected chi connectivity index (χ3v) is 6.46. The summed E-state index contributed by atoms with van der Waals surface area (Å²) in [6.07, 6.45) is 0. The summed E-state index contributed by atoms with van der Waals surface area (Å²) in [7, 11) is 0. The largest absolute Gasteiger partial charge is 0.506 e. The molecule has 2 fully saturated rings. The molecule has 3 rings (SSSR count). The lowest BCUT2D eigenvalue weighted by Gasteiger charge is -2.43. The van der Waals surface area contributed by atoms with E-state index in [9.17, 15) is 24.6 Å². The topological polar surface area (TPSA) is 133 Å². The van der Waals surface area contributed by atoms with Crippen LogP contribution in [0.25, 0.3) is 0 Å². The highest BCUT2D eigenvalue weighted by Gasteiger charge is 2.64. The van der Waals surface area contributed by atoms with Gasteiger partial charge in [0.1, 0.15) is 29.2 Å². The van der Waals surface area contributed by atoms with Gasteiger partial charge in [0.25, 0.3) is 0 Å². The quantitative estimate of drug-likeness (QED) is 0.547. The Morgan fingerprint density at radius 1 is 1.42 bits per heavy atom. The third-order valence-electron chi connectivity index (χ3n) is 4.59. The molecule has 0 spiro atoms. The van der Waals surface area contributed by atoms with Gasteiger partial charge < -0.3 is 26.2 Å². The van der Waals surface area contributed by atoms with Crippen LogP contribution in [0.2, 0.25) is 5.02 Å². The SMILES string of the molecule is CC1(C)SC2C(NC(=O)C(N)c3ccc(O)c(Cl)c3)C(=O)N2C1C(=O)O. The highest BCUT2D eigenvalue weighted by molar-refractivity contribution is 8.01. The molecule has 0 saturated carbocycles. The fraction of sp³-hybridized carbons (Fsp3) is 0.438. The van der Waals surface area contributed by atoms with Crippen molar-refractivity contribution in [3.63, 3.8) is 0 Å². The molecule has 26 heavy (non-hydrogen) atoms. The van der Waals surface area contributed by atoms with Gasteiger partial charge in [0.05, 0.1) is 5.02 Å². The number of rotatable bonds is 4. The van der Waals surface area contributed by atoms with Crippen LogP contribution in [-0.4, -0.2) is 55.1 Å². The average molecular weight is 400 g/mol. The number of hydrogen-bond donors (Lipinski definition) is 4. The van der Waals surface area contributed by atoms with Crippen molar-refractivity contribution in [3.05, 3.63) is 28.8 Å². The molecule has 140 valence electrons. The predicted octanol–water partition coefficient (Wildman–Crippen LogP) is 0.677. The molecule has 4 unspecified atom stereocenters. The average Bonchev–Trinajstić information content (AvgIpc) is 2.82. The number of nitrogens with one attached hydrogen (secondary N) is 1. The molecule has 2 aliphatic rings. The van der Waals surface area contributed by atoms with E-state index in [1.165, 1.54) is 34.9 Å². The van der Waals surface area contributed by atoms with Crippen molar-refractivity contribution in [1.82, 2.24) is 10.2 Å². The Balaban J connectivity index is 1.72. The molecule has 1 aromatic rings. The monoisotopic (exact) mass is 399 g/mol. The molecule has 0 aromatic heterocycles. The number of nitrogens with two attached hydrogens (primary N) is 1. The number of fused-ring (bicyclic) bond motifs is 1. The number of halogens is 1. The number of hydrogen-bond acceptors (Lipinski definition) is 6. The zero-order valence-corrected chi connectivity index (χ0v) is 15.5. The van der Waals surface area contributed by atoms with Crippen molar-refractivity contribution < 1.29 is 24.6 Å². The van der Waals surface area contributed by atoms with E-state index in [-0.39, 0.29) is 10.8 Å². The van der Waals surface area contributed by atoms with E-state index in [1.54, 1.807) is 13.8 Å². The molecule has 8 nitrogen and oxygen atoms in total. The van der Waals surface area contributed by atoms with Crippen LogP contribution in [0.4, 0.5) is 0 Å². The first-order valence-electron chi connectivity index (χ1n) is 7.82. The first-order valence-corrected chi connectivity index (χ1v) is 9.07. The van der Waals surface area contributed by atoms with E-state index < -0.39 is 46.0 Å². The van der Waals surface area contributed by atoms with E-state index in [4.69, 9.17) is 17.3 Å². The number of nitrogens with zero attached hydrogens (tertiary/aromatic N) is 1. The van der Waals surface area contributed by atoms with Crippen molar-refractivity contribution in [1.29, 1.82) is 0 Å². The number of benzene rings is 1. The number of carbonyl (C=O) groups is 3. The zero-order chi connectivity index (χ0) is 19.4. The van der Waals surface area contributed by atoms with Crippen LogP contribution >= 0.6 is 23.4 Å². The molecule has 0 radical (unpaired) electrons. The molecule has 10 heteroatoms. The minimum atomic E-state index is -1.08. The number of carboxylic acids is 1. The zero-order valence-electron chi connectivity index (χ0n) is 14.0. The predicted molar refractivity (Wildman–Crippen MR) is 95.7 cm³/mol. The van der Waals surface area contributed by atoms with Crippen LogP contribution in [0.15, 0.2) is 18.2 Å². The lowest BCUT2D eigenvalue weighted by atomic mass is 9.95. The fourth-order valence-corrected chi connectivity index (χ4v) is 5.07. The molecule has 0 bridgehead atoms. The van der Waals surface area contributed by atoms with Crippen LogP contribution in [0, 0.1) is 0 Å². The lowest BCUT2D eigenvalue weighted by Crippen LogP contribution is -2.71. The number of amides is 2. The molecule has 2 heterocycles. The Morgan fingerprint density at radius 2 is 2.08 bits per heavy atom. The molecule has 5 N–H and O–H groups in total. The van der Waals surface area contributed by atoms with Gasteiger partial charge in [0.15, 0.2) is 0 Å². The Morgan fingerprint density at radius 3 is 2.65 bits per heavy atom. The van der Waals surface area contributed by atoms with Crippen molar-refractivity contribution >= 4 is 41.1 Å². The standard InChI is InChI=1S/C16H18ClN3O5S/c1-16(2)11(15(24)25)20-13(23)10(14(20)26-16)19-12(22)9(18)6-3-4-8(21)7(17)5-6/h3-5,9-11,14,21H,18H2,1-2H3,(H,19,22)(H,24,25).